The van der Waals surface area contributed by atoms with Gasteiger partial charge in [0, 0.05) is 0 Å². The number of hydrogen-bond donors (Lipinski definition) is 2. The minimum Gasteiger partial charge on any atom is -0.255 e. The second kappa shape index (κ2) is 8.23. The average Bonchev–Trinajstić information content (AvgIpc) is 2.25. The predicted molar refractivity (Wildman–Crippen MR) is 59.5 cm³/mol. The van der Waals surface area contributed by atoms with Gasteiger partial charge in [-0.3, -0.25) is 10.5 Å². The molecule has 76 valence electrons. The summed E-state index contributed by atoms with van der Waals surface area (Å²) in [6.07, 6.45) is 5.74. The van der Waals surface area contributed by atoms with Crippen LogP contribution in [0.3, 0.4) is 0 Å². The molecule has 0 unspecified atom stereocenters. The zero-order valence-electron chi connectivity index (χ0n) is 8.19. The summed E-state index contributed by atoms with van der Waals surface area (Å²) in [5.41, 5.74) is 2.63. The summed E-state index contributed by atoms with van der Waals surface area (Å²) in [4.78, 5) is 0. The van der Waals surface area contributed by atoms with Crippen LogP contribution in [-0.4, -0.2) is 10.5 Å². The van der Waals surface area contributed by atoms with Crippen molar-refractivity contribution in [2.45, 2.75) is 12.8 Å². The summed E-state index contributed by atoms with van der Waals surface area (Å²) in [6, 6.07) is 8.56. The number of hydrogen-bond acceptors (Lipinski definition) is 2. The zero-order valence-corrected chi connectivity index (χ0v) is 8.19. The smallest absolute Gasteiger partial charge is 0.0100 e. The molecule has 0 heterocycles. The molecule has 0 spiro atoms. The molecule has 0 aliphatic heterocycles. The van der Waals surface area contributed by atoms with Crippen LogP contribution in [0.5, 0.6) is 0 Å². The molecule has 0 aliphatic carbocycles. The minimum atomic E-state index is 0.953. The molecule has 0 radical (unpaired) electrons. The standard InChI is InChI=1S/C12H14.H2O2/c1-3-5-11-7-9-12(6-4-2)10-8-11;1-2/h3-4,7-10H,1-2,5-6H2;1-2H. The molecule has 0 bridgehead atoms. The molecular formula is C12H16O2. The molecule has 0 saturated carbocycles. The van der Waals surface area contributed by atoms with Gasteiger partial charge in [-0.25, -0.2) is 0 Å². The van der Waals surface area contributed by atoms with E-state index in [1.54, 1.807) is 0 Å². The average molecular weight is 192 g/mol. The maximum Gasteiger partial charge on any atom is -0.0100 e. The van der Waals surface area contributed by atoms with E-state index in [2.05, 4.69) is 37.4 Å². The van der Waals surface area contributed by atoms with Crippen molar-refractivity contribution in [2.75, 3.05) is 0 Å². The van der Waals surface area contributed by atoms with Crippen LogP contribution < -0.4 is 0 Å². The molecular weight excluding hydrogens is 176 g/mol. The molecule has 0 fully saturated rings. The first-order valence-electron chi connectivity index (χ1n) is 4.36. The van der Waals surface area contributed by atoms with Gasteiger partial charge in [-0.2, -0.15) is 0 Å². The normalized spacial score (nSPS) is 8.43. The van der Waals surface area contributed by atoms with Crippen molar-refractivity contribution in [3.05, 3.63) is 60.7 Å². The van der Waals surface area contributed by atoms with E-state index < -0.39 is 0 Å². The van der Waals surface area contributed by atoms with Gasteiger partial charge < -0.3 is 0 Å². The highest BCUT2D eigenvalue weighted by Gasteiger charge is 1.90. The third-order valence-corrected chi connectivity index (χ3v) is 1.78. The lowest BCUT2D eigenvalue weighted by Crippen LogP contribution is -1.83. The Morgan fingerprint density at radius 1 is 0.857 bits per heavy atom. The van der Waals surface area contributed by atoms with E-state index in [9.17, 15) is 0 Å². The van der Waals surface area contributed by atoms with Crippen LogP contribution in [0.1, 0.15) is 11.1 Å². The lowest BCUT2D eigenvalue weighted by Gasteiger charge is -1.98. The predicted octanol–water partition coefficient (Wildman–Crippen LogP) is 3.16. The molecule has 0 aromatic heterocycles. The summed E-state index contributed by atoms with van der Waals surface area (Å²) in [5, 5.41) is 12.0. The fraction of sp³-hybridized carbons (Fsp3) is 0.167. The van der Waals surface area contributed by atoms with Gasteiger partial charge in [0.1, 0.15) is 0 Å². The Morgan fingerprint density at radius 3 is 1.36 bits per heavy atom. The van der Waals surface area contributed by atoms with Crippen LogP contribution in [0.4, 0.5) is 0 Å². The molecule has 14 heavy (non-hydrogen) atoms. The number of allylic oxidation sites excluding steroid dienone is 2. The van der Waals surface area contributed by atoms with E-state index in [0.29, 0.717) is 0 Å². The zero-order chi connectivity index (χ0) is 10.8. The first kappa shape index (κ1) is 12.6. The van der Waals surface area contributed by atoms with Gasteiger partial charge in [0.15, 0.2) is 0 Å². The Bertz CT molecular complexity index is 233. The Kier molecular flexibility index (Phi) is 7.42. The van der Waals surface area contributed by atoms with Crippen LogP contribution in [0.25, 0.3) is 0 Å². The van der Waals surface area contributed by atoms with Crippen molar-refractivity contribution in [1.82, 2.24) is 0 Å². The first-order valence-corrected chi connectivity index (χ1v) is 4.36. The Labute approximate surface area is 84.8 Å². The monoisotopic (exact) mass is 192 g/mol. The Balaban J connectivity index is 0.000000791. The molecule has 2 nitrogen and oxygen atoms in total. The Hall–Kier alpha value is -1.38. The van der Waals surface area contributed by atoms with Gasteiger partial charge in [-0.1, -0.05) is 36.4 Å². The molecule has 0 saturated heterocycles. The van der Waals surface area contributed by atoms with Gasteiger partial charge in [-0.05, 0) is 24.0 Å². The van der Waals surface area contributed by atoms with E-state index in [-0.39, 0.29) is 0 Å². The number of rotatable bonds is 4. The Morgan fingerprint density at radius 2 is 1.14 bits per heavy atom. The first-order chi connectivity index (χ1) is 6.86. The van der Waals surface area contributed by atoms with Crippen molar-refractivity contribution in [2.24, 2.45) is 0 Å². The highest BCUT2D eigenvalue weighted by atomic mass is 17.0. The molecule has 2 heteroatoms. The van der Waals surface area contributed by atoms with Crippen molar-refractivity contribution in [3.63, 3.8) is 0 Å². The molecule has 0 amide bonds. The van der Waals surface area contributed by atoms with Gasteiger partial charge in [0.05, 0.1) is 0 Å². The molecule has 1 aromatic rings. The minimum absolute atomic E-state index is 0.953. The summed E-state index contributed by atoms with van der Waals surface area (Å²) in [6.45, 7) is 7.40. The third-order valence-electron chi connectivity index (χ3n) is 1.78. The van der Waals surface area contributed by atoms with Crippen LogP contribution in [0.2, 0.25) is 0 Å². The fourth-order valence-corrected chi connectivity index (χ4v) is 1.14. The summed E-state index contributed by atoms with van der Waals surface area (Å²) >= 11 is 0. The lowest BCUT2D eigenvalue weighted by atomic mass is 10.1. The maximum atomic E-state index is 6.00. The van der Waals surface area contributed by atoms with Gasteiger partial charge >= 0.3 is 0 Å². The van der Waals surface area contributed by atoms with Crippen LogP contribution >= 0.6 is 0 Å². The second-order valence-corrected chi connectivity index (χ2v) is 2.80. The molecule has 2 N–H and O–H groups in total. The largest absolute Gasteiger partial charge is 0.255 e. The topological polar surface area (TPSA) is 40.5 Å². The summed E-state index contributed by atoms with van der Waals surface area (Å²) in [5.74, 6) is 0. The van der Waals surface area contributed by atoms with E-state index >= 15 is 0 Å². The van der Waals surface area contributed by atoms with E-state index in [4.69, 9.17) is 10.5 Å². The fourth-order valence-electron chi connectivity index (χ4n) is 1.14. The summed E-state index contributed by atoms with van der Waals surface area (Å²) in [7, 11) is 0. The van der Waals surface area contributed by atoms with Gasteiger partial charge in [0.25, 0.3) is 0 Å². The van der Waals surface area contributed by atoms with Crippen molar-refractivity contribution < 1.29 is 10.5 Å². The SMILES string of the molecule is C=CCc1ccc(CC=C)cc1.OO. The third kappa shape index (κ3) is 4.60. The van der Waals surface area contributed by atoms with Crippen LogP contribution in [0, 0.1) is 0 Å². The highest BCUT2D eigenvalue weighted by Crippen LogP contribution is 2.06. The van der Waals surface area contributed by atoms with Gasteiger partial charge in [0.2, 0.25) is 0 Å². The van der Waals surface area contributed by atoms with E-state index in [1.807, 2.05) is 12.2 Å². The van der Waals surface area contributed by atoms with E-state index in [1.165, 1.54) is 11.1 Å². The quantitative estimate of drug-likeness (QED) is 0.437. The molecule has 0 aliphatic rings. The van der Waals surface area contributed by atoms with Crippen LogP contribution in [-0.2, 0) is 12.8 Å². The lowest BCUT2D eigenvalue weighted by molar-refractivity contribution is -0.176. The van der Waals surface area contributed by atoms with Gasteiger partial charge in [-0.15, -0.1) is 13.2 Å². The highest BCUT2D eigenvalue weighted by molar-refractivity contribution is 5.25. The van der Waals surface area contributed by atoms with Crippen molar-refractivity contribution >= 4 is 0 Å². The van der Waals surface area contributed by atoms with Crippen LogP contribution in [0.15, 0.2) is 49.6 Å². The summed E-state index contributed by atoms with van der Waals surface area (Å²) < 4.78 is 0. The molecule has 0 atom stereocenters. The number of benzene rings is 1. The second-order valence-electron chi connectivity index (χ2n) is 2.80. The van der Waals surface area contributed by atoms with E-state index in [0.717, 1.165) is 12.8 Å². The molecule has 1 aromatic carbocycles. The van der Waals surface area contributed by atoms with Crippen molar-refractivity contribution in [3.8, 4) is 0 Å². The maximum absolute atomic E-state index is 6.00. The molecule has 1 rings (SSSR count). The van der Waals surface area contributed by atoms with Crippen molar-refractivity contribution in [1.29, 1.82) is 0 Å².